The zero-order valence-corrected chi connectivity index (χ0v) is 8.79. The molecule has 76 valence electrons. The molecule has 0 unspecified atom stereocenters. The van der Waals surface area contributed by atoms with Crippen molar-refractivity contribution in [2.45, 2.75) is 26.3 Å². The zero-order chi connectivity index (χ0) is 9.97. The van der Waals surface area contributed by atoms with Crippen LogP contribution in [0.25, 0.3) is 0 Å². The van der Waals surface area contributed by atoms with E-state index in [4.69, 9.17) is 5.73 Å². The monoisotopic (exact) mass is 190 g/mol. The number of hydrogen-bond donors (Lipinski definition) is 1. The summed E-state index contributed by atoms with van der Waals surface area (Å²) in [6.45, 7) is 5.71. The molecule has 2 N–H and O–H groups in total. The molecule has 0 saturated heterocycles. The first kappa shape index (κ1) is 9.53. The van der Waals surface area contributed by atoms with E-state index < -0.39 is 0 Å². The molecule has 0 saturated carbocycles. The van der Waals surface area contributed by atoms with E-state index in [-0.39, 0.29) is 0 Å². The van der Waals surface area contributed by atoms with Crippen LogP contribution in [-0.4, -0.2) is 18.0 Å². The van der Waals surface area contributed by atoms with Gasteiger partial charge < -0.3 is 5.73 Å². The fraction of sp³-hybridized carbons (Fsp3) is 0.500. The Morgan fingerprint density at radius 2 is 2.21 bits per heavy atom. The average Bonchev–Trinajstić information content (AvgIpc) is 2.17. The molecule has 1 aliphatic rings. The first-order chi connectivity index (χ1) is 6.79. The van der Waals surface area contributed by atoms with E-state index in [1.807, 2.05) is 6.07 Å². The Balaban J connectivity index is 2.16. The number of nitrogens with two attached hydrogens (primary N) is 1. The SMILES string of the molecule is CCCN1CCc2ccc(N)cc2C1. The molecule has 2 nitrogen and oxygen atoms in total. The Morgan fingerprint density at radius 3 is 3.00 bits per heavy atom. The molecule has 0 fully saturated rings. The van der Waals surface area contributed by atoms with Crippen LogP contribution >= 0.6 is 0 Å². The van der Waals surface area contributed by atoms with Crippen LogP contribution in [-0.2, 0) is 13.0 Å². The van der Waals surface area contributed by atoms with Gasteiger partial charge in [0.1, 0.15) is 0 Å². The Morgan fingerprint density at radius 1 is 1.36 bits per heavy atom. The van der Waals surface area contributed by atoms with Gasteiger partial charge in [0.15, 0.2) is 0 Å². The summed E-state index contributed by atoms with van der Waals surface area (Å²) in [7, 11) is 0. The second-order valence-electron chi connectivity index (χ2n) is 4.05. The molecule has 0 amide bonds. The minimum absolute atomic E-state index is 0.891. The standard InChI is InChI=1S/C12H18N2/c1-2-6-14-7-5-10-3-4-12(13)8-11(10)9-14/h3-4,8H,2,5-7,9,13H2,1H3. The number of benzene rings is 1. The first-order valence-electron chi connectivity index (χ1n) is 5.39. The molecule has 0 radical (unpaired) electrons. The van der Waals surface area contributed by atoms with Gasteiger partial charge in [0, 0.05) is 18.8 Å². The maximum Gasteiger partial charge on any atom is 0.0317 e. The minimum Gasteiger partial charge on any atom is -0.399 e. The lowest BCUT2D eigenvalue weighted by molar-refractivity contribution is 0.255. The summed E-state index contributed by atoms with van der Waals surface area (Å²) in [6.07, 6.45) is 2.41. The molecule has 1 aromatic rings. The molecule has 2 heteroatoms. The lowest BCUT2D eigenvalue weighted by Gasteiger charge is -2.28. The third-order valence-electron chi connectivity index (χ3n) is 2.86. The van der Waals surface area contributed by atoms with Crippen molar-refractivity contribution in [2.24, 2.45) is 0 Å². The van der Waals surface area contributed by atoms with Crippen LogP contribution in [0.5, 0.6) is 0 Å². The zero-order valence-electron chi connectivity index (χ0n) is 8.79. The Kier molecular flexibility index (Phi) is 2.73. The molecule has 1 aromatic carbocycles. The van der Waals surface area contributed by atoms with Gasteiger partial charge >= 0.3 is 0 Å². The Bertz CT molecular complexity index is 320. The van der Waals surface area contributed by atoms with Crippen LogP contribution in [0, 0.1) is 0 Å². The lowest BCUT2D eigenvalue weighted by Crippen LogP contribution is -2.31. The summed E-state index contributed by atoms with van der Waals surface area (Å²) in [6, 6.07) is 6.30. The van der Waals surface area contributed by atoms with Crippen LogP contribution in [0.1, 0.15) is 24.5 Å². The number of nitrogen functional groups attached to an aromatic ring is 1. The molecule has 0 atom stereocenters. The van der Waals surface area contributed by atoms with E-state index in [9.17, 15) is 0 Å². The summed E-state index contributed by atoms with van der Waals surface area (Å²) in [5.41, 5.74) is 9.57. The van der Waals surface area contributed by atoms with E-state index in [1.54, 1.807) is 0 Å². The van der Waals surface area contributed by atoms with Gasteiger partial charge in [-0.25, -0.2) is 0 Å². The number of hydrogen-bond acceptors (Lipinski definition) is 2. The molecular formula is C12H18N2. The van der Waals surface area contributed by atoms with Crippen LogP contribution in [0.15, 0.2) is 18.2 Å². The van der Waals surface area contributed by atoms with E-state index in [0.717, 1.165) is 12.2 Å². The topological polar surface area (TPSA) is 29.3 Å². The highest BCUT2D eigenvalue weighted by molar-refractivity contribution is 5.45. The third-order valence-corrected chi connectivity index (χ3v) is 2.86. The van der Waals surface area contributed by atoms with Crippen molar-refractivity contribution in [3.63, 3.8) is 0 Å². The van der Waals surface area contributed by atoms with Crippen LogP contribution in [0.3, 0.4) is 0 Å². The van der Waals surface area contributed by atoms with Gasteiger partial charge in [-0.3, -0.25) is 4.90 Å². The van der Waals surface area contributed by atoms with Gasteiger partial charge in [-0.15, -0.1) is 0 Å². The molecule has 1 aliphatic heterocycles. The van der Waals surface area contributed by atoms with Crippen molar-refractivity contribution >= 4 is 5.69 Å². The molecule has 0 bridgehead atoms. The van der Waals surface area contributed by atoms with Gasteiger partial charge in [-0.2, -0.15) is 0 Å². The first-order valence-corrected chi connectivity index (χ1v) is 5.39. The summed E-state index contributed by atoms with van der Waals surface area (Å²) in [5, 5.41) is 0. The van der Waals surface area contributed by atoms with E-state index in [2.05, 4.69) is 24.0 Å². The normalized spacial score (nSPS) is 16.6. The summed E-state index contributed by atoms with van der Waals surface area (Å²) < 4.78 is 0. The summed E-state index contributed by atoms with van der Waals surface area (Å²) >= 11 is 0. The molecule has 14 heavy (non-hydrogen) atoms. The molecular weight excluding hydrogens is 172 g/mol. The van der Waals surface area contributed by atoms with Crippen molar-refractivity contribution in [2.75, 3.05) is 18.8 Å². The Hall–Kier alpha value is -1.02. The summed E-state index contributed by atoms with van der Waals surface area (Å²) in [5.74, 6) is 0. The van der Waals surface area contributed by atoms with Gasteiger partial charge in [0.25, 0.3) is 0 Å². The predicted molar refractivity (Wildman–Crippen MR) is 60.1 cm³/mol. The predicted octanol–water partition coefficient (Wildman–Crippen LogP) is 2.04. The van der Waals surface area contributed by atoms with Gasteiger partial charge in [-0.05, 0) is 42.6 Å². The molecule has 2 rings (SSSR count). The van der Waals surface area contributed by atoms with Crippen molar-refractivity contribution < 1.29 is 0 Å². The van der Waals surface area contributed by atoms with Crippen molar-refractivity contribution in [3.05, 3.63) is 29.3 Å². The van der Waals surface area contributed by atoms with E-state index >= 15 is 0 Å². The largest absolute Gasteiger partial charge is 0.399 e. The molecule has 0 aliphatic carbocycles. The van der Waals surface area contributed by atoms with Crippen molar-refractivity contribution in [1.29, 1.82) is 0 Å². The van der Waals surface area contributed by atoms with Crippen molar-refractivity contribution in [3.8, 4) is 0 Å². The second kappa shape index (κ2) is 4.01. The van der Waals surface area contributed by atoms with Gasteiger partial charge in [0.05, 0.1) is 0 Å². The molecule has 0 aromatic heterocycles. The van der Waals surface area contributed by atoms with Crippen LogP contribution in [0.2, 0.25) is 0 Å². The maximum atomic E-state index is 5.78. The smallest absolute Gasteiger partial charge is 0.0317 e. The fourth-order valence-electron chi connectivity index (χ4n) is 2.14. The lowest BCUT2D eigenvalue weighted by atomic mass is 9.99. The van der Waals surface area contributed by atoms with Crippen LogP contribution < -0.4 is 5.73 Å². The van der Waals surface area contributed by atoms with E-state index in [1.165, 1.54) is 37.1 Å². The minimum atomic E-state index is 0.891. The highest BCUT2D eigenvalue weighted by Crippen LogP contribution is 2.21. The summed E-state index contributed by atoms with van der Waals surface area (Å²) in [4.78, 5) is 2.50. The van der Waals surface area contributed by atoms with E-state index in [0.29, 0.717) is 0 Å². The van der Waals surface area contributed by atoms with Gasteiger partial charge in [0.2, 0.25) is 0 Å². The fourth-order valence-corrected chi connectivity index (χ4v) is 2.14. The molecule has 0 spiro atoms. The Labute approximate surface area is 85.7 Å². The third kappa shape index (κ3) is 1.90. The number of rotatable bonds is 2. The van der Waals surface area contributed by atoms with Crippen LogP contribution in [0.4, 0.5) is 5.69 Å². The van der Waals surface area contributed by atoms with Crippen molar-refractivity contribution in [1.82, 2.24) is 4.90 Å². The number of nitrogens with zero attached hydrogens (tertiary/aromatic N) is 1. The number of anilines is 1. The molecule has 1 heterocycles. The maximum absolute atomic E-state index is 5.78. The highest BCUT2D eigenvalue weighted by atomic mass is 15.1. The number of fused-ring (bicyclic) bond motifs is 1. The quantitative estimate of drug-likeness (QED) is 0.723. The highest BCUT2D eigenvalue weighted by Gasteiger charge is 2.14. The average molecular weight is 190 g/mol. The second-order valence-corrected chi connectivity index (χ2v) is 4.05. The van der Waals surface area contributed by atoms with Gasteiger partial charge in [-0.1, -0.05) is 13.0 Å².